The number of ether oxygens (including phenoxy) is 1. The van der Waals surface area contributed by atoms with Crippen LogP contribution in [-0.2, 0) is 10.2 Å². The summed E-state index contributed by atoms with van der Waals surface area (Å²) < 4.78 is 5.60. The van der Waals surface area contributed by atoms with Gasteiger partial charge < -0.3 is 15.4 Å². The van der Waals surface area contributed by atoms with Crippen LogP contribution in [0.3, 0.4) is 0 Å². The number of guanidine groups is 1. The Kier molecular flexibility index (Phi) is 10.3. The average Bonchev–Trinajstić information content (AvgIpc) is 2.61. The number of halogens is 1. The number of nitrogens with one attached hydrogen (secondary N) is 2. The van der Waals surface area contributed by atoms with Crippen LogP contribution in [0, 0.1) is 0 Å². The molecule has 0 atom stereocenters. The number of benzene rings is 1. The topological polar surface area (TPSA) is 45.7 Å². The lowest BCUT2D eigenvalue weighted by molar-refractivity contribution is 0.0531. The molecule has 1 aromatic rings. The molecule has 0 radical (unpaired) electrons. The van der Waals surface area contributed by atoms with E-state index in [0.29, 0.717) is 0 Å². The van der Waals surface area contributed by atoms with Gasteiger partial charge >= 0.3 is 0 Å². The molecule has 0 unspecified atom stereocenters. The van der Waals surface area contributed by atoms with Crippen LogP contribution in [0.5, 0.6) is 0 Å². The van der Waals surface area contributed by atoms with Crippen LogP contribution in [0.1, 0.15) is 45.1 Å². The average molecular weight is 445 g/mol. The van der Waals surface area contributed by atoms with Crippen molar-refractivity contribution in [3.8, 4) is 0 Å². The third-order valence-corrected chi connectivity index (χ3v) is 4.54. The van der Waals surface area contributed by atoms with Crippen LogP contribution < -0.4 is 10.6 Å². The van der Waals surface area contributed by atoms with Crippen LogP contribution in [0.4, 0.5) is 0 Å². The zero-order valence-electron chi connectivity index (χ0n) is 15.0. The maximum Gasteiger partial charge on any atom is 0.191 e. The van der Waals surface area contributed by atoms with Gasteiger partial charge in [-0.1, -0.05) is 43.7 Å². The molecule has 0 amide bonds. The Labute approximate surface area is 163 Å². The van der Waals surface area contributed by atoms with Crippen LogP contribution >= 0.6 is 24.0 Å². The summed E-state index contributed by atoms with van der Waals surface area (Å²) in [7, 11) is 0. The molecule has 5 heteroatoms. The predicted molar refractivity (Wildman–Crippen MR) is 112 cm³/mol. The zero-order valence-corrected chi connectivity index (χ0v) is 17.3. The normalized spacial score (nSPS) is 17.0. The van der Waals surface area contributed by atoms with E-state index >= 15 is 0 Å². The lowest BCUT2D eigenvalue weighted by Crippen LogP contribution is -2.41. The van der Waals surface area contributed by atoms with Crippen LogP contribution in [0.15, 0.2) is 35.3 Å². The minimum absolute atomic E-state index is 0. The largest absolute Gasteiger partial charge is 0.381 e. The standard InChI is InChI=1S/C19H31N3O.HI/c1-3-5-13-21-18(20-4-2)22-16-19(11-14-23-15-12-19)17-9-7-6-8-10-17;/h6-10H,3-5,11-16H2,1-2H3,(H2,20,21,22);1H. The fourth-order valence-electron chi connectivity index (χ4n) is 3.05. The molecule has 0 aromatic heterocycles. The first-order chi connectivity index (χ1) is 11.3. The van der Waals surface area contributed by atoms with Gasteiger partial charge in [0.2, 0.25) is 0 Å². The van der Waals surface area contributed by atoms with E-state index in [0.717, 1.165) is 51.6 Å². The van der Waals surface area contributed by atoms with E-state index in [2.05, 4.69) is 54.8 Å². The number of unbranched alkanes of at least 4 members (excludes halogenated alkanes) is 1. The van der Waals surface area contributed by atoms with Crippen molar-refractivity contribution >= 4 is 29.9 Å². The molecular weight excluding hydrogens is 413 g/mol. The van der Waals surface area contributed by atoms with Crippen molar-refractivity contribution in [3.05, 3.63) is 35.9 Å². The molecule has 2 N–H and O–H groups in total. The maximum atomic E-state index is 5.60. The van der Waals surface area contributed by atoms with Gasteiger partial charge in [-0.15, -0.1) is 24.0 Å². The zero-order chi connectivity index (χ0) is 16.4. The summed E-state index contributed by atoms with van der Waals surface area (Å²) in [4.78, 5) is 4.90. The minimum Gasteiger partial charge on any atom is -0.381 e. The van der Waals surface area contributed by atoms with Crippen molar-refractivity contribution in [2.24, 2.45) is 4.99 Å². The van der Waals surface area contributed by atoms with Crippen LogP contribution in [-0.4, -0.2) is 38.8 Å². The molecule has 4 nitrogen and oxygen atoms in total. The van der Waals surface area contributed by atoms with Crippen molar-refractivity contribution in [3.63, 3.8) is 0 Å². The second-order valence-electron chi connectivity index (χ2n) is 6.23. The summed E-state index contributed by atoms with van der Waals surface area (Å²) >= 11 is 0. The lowest BCUT2D eigenvalue weighted by atomic mass is 9.74. The van der Waals surface area contributed by atoms with Crippen molar-refractivity contribution in [2.45, 2.75) is 44.9 Å². The Hall–Kier alpha value is -0.820. The highest BCUT2D eigenvalue weighted by atomic mass is 127. The molecule has 0 saturated carbocycles. The molecule has 0 spiro atoms. The van der Waals surface area contributed by atoms with E-state index in [1.165, 1.54) is 18.4 Å². The Bertz CT molecular complexity index is 473. The Morgan fingerprint density at radius 3 is 2.46 bits per heavy atom. The molecule has 1 aliphatic rings. The van der Waals surface area contributed by atoms with Crippen LogP contribution in [0.25, 0.3) is 0 Å². The van der Waals surface area contributed by atoms with E-state index in [-0.39, 0.29) is 29.4 Å². The molecule has 2 rings (SSSR count). The summed E-state index contributed by atoms with van der Waals surface area (Å²) in [5, 5.41) is 6.79. The van der Waals surface area contributed by atoms with Gasteiger partial charge in [-0.05, 0) is 31.7 Å². The second kappa shape index (κ2) is 11.7. The smallest absolute Gasteiger partial charge is 0.191 e. The quantitative estimate of drug-likeness (QED) is 0.291. The number of nitrogens with zero attached hydrogens (tertiary/aromatic N) is 1. The van der Waals surface area contributed by atoms with E-state index in [9.17, 15) is 0 Å². The van der Waals surface area contributed by atoms with Gasteiger partial charge in [-0.2, -0.15) is 0 Å². The highest BCUT2D eigenvalue weighted by molar-refractivity contribution is 14.0. The SMILES string of the molecule is CCCCNC(=NCC1(c2ccccc2)CCOCC1)NCC.I. The van der Waals surface area contributed by atoms with Gasteiger partial charge in [-0.3, -0.25) is 4.99 Å². The third kappa shape index (κ3) is 6.24. The Morgan fingerprint density at radius 2 is 1.83 bits per heavy atom. The first kappa shape index (κ1) is 21.2. The monoisotopic (exact) mass is 445 g/mol. The van der Waals surface area contributed by atoms with E-state index in [1.54, 1.807) is 0 Å². The first-order valence-corrected chi connectivity index (χ1v) is 8.96. The number of hydrogen-bond donors (Lipinski definition) is 2. The summed E-state index contributed by atoms with van der Waals surface area (Å²) in [5.41, 5.74) is 1.49. The van der Waals surface area contributed by atoms with Gasteiger partial charge in [0.1, 0.15) is 0 Å². The van der Waals surface area contributed by atoms with E-state index in [4.69, 9.17) is 9.73 Å². The van der Waals surface area contributed by atoms with Crippen molar-refractivity contribution < 1.29 is 4.74 Å². The van der Waals surface area contributed by atoms with Crippen LogP contribution in [0.2, 0.25) is 0 Å². The highest BCUT2D eigenvalue weighted by Crippen LogP contribution is 2.35. The molecule has 0 aliphatic carbocycles. The number of rotatable bonds is 7. The van der Waals surface area contributed by atoms with Gasteiger partial charge in [0.15, 0.2) is 5.96 Å². The lowest BCUT2D eigenvalue weighted by Gasteiger charge is -2.36. The van der Waals surface area contributed by atoms with E-state index in [1.807, 2.05) is 0 Å². The molecule has 24 heavy (non-hydrogen) atoms. The summed E-state index contributed by atoms with van der Waals surface area (Å²) in [6.45, 7) is 8.63. The summed E-state index contributed by atoms with van der Waals surface area (Å²) in [5.74, 6) is 0.933. The van der Waals surface area contributed by atoms with Crippen molar-refractivity contribution in [1.29, 1.82) is 0 Å². The Balaban J connectivity index is 0.00000288. The minimum atomic E-state index is 0. The summed E-state index contributed by atoms with van der Waals surface area (Å²) in [6, 6.07) is 10.8. The maximum absolute atomic E-state index is 5.60. The fraction of sp³-hybridized carbons (Fsp3) is 0.632. The summed E-state index contributed by atoms with van der Waals surface area (Å²) in [6.07, 6.45) is 4.43. The fourth-order valence-corrected chi connectivity index (χ4v) is 3.05. The molecule has 1 aromatic carbocycles. The van der Waals surface area contributed by atoms with Gasteiger partial charge in [0.25, 0.3) is 0 Å². The molecule has 1 heterocycles. The molecule has 1 fully saturated rings. The van der Waals surface area contributed by atoms with Gasteiger partial charge in [0, 0.05) is 31.7 Å². The molecular formula is C19H32IN3O. The highest BCUT2D eigenvalue weighted by Gasteiger charge is 2.34. The number of hydrogen-bond acceptors (Lipinski definition) is 2. The number of aliphatic imine (C=N–C) groups is 1. The Morgan fingerprint density at radius 1 is 1.12 bits per heavy atom. The molecule has 136 valence electrons. The molecule has 1 saturated heterocycles. The molecule has 0 bridgehead atoms. The van der Waals surface area contributed by atoms with Crippen molar-refractivity contribution in [1.82, 2.24) is 10.6 Å². The third-order valence-electron chi connectivity index (χ3n) is 4.54. The predicted octanol–water partition coefficient (Wildman–Crippen LogP) is 3.71. The van der Waals surface area contributed by atoms with Crippen molar-refractivity contribution in [2.75, 3.05) is 32.8 Å². The molecule has 1 aliphatic heterocycles. The second-order valence-corrected chi connectivity index (χ2v) is 6.23. The first-order valence-electron chi connectivity index (χ1n) is 8.96. The van der Waals surface area contributed by atoms with E-state index < -0.39 is 0 Å². The van der Waals surface area contributed by atoms with Gasteiger partial charge in [-0.25, -0.2) is 0 Å². The van der Waals surface area contributed by atoms with Gasteiger partial charge in [0.05, 0.1) is 6.54 Å².